The SMILES string of the molecule is CCN(Cc1ccc(F)cc1Br)C1CNC1. The van der Waals surface area contributed by atoms with E-state index in [4.69, 9.17) is 0 Å². The molecule has 0 radical (unpaired) electrons. The Morgan fingerprint density at radius 3 is 2.75 bits per heavy atom. The van der Waals surface area contributed by atoms with Gasteiger partial charge in [-0.1, -0.05) is 28.9 Å². The van der Waals surface area contributed by atoms with Crippen molar-refractivity contribution in [2.45, 2.75) is 19.5 Å². The molecule has 4 heteroatoms. The van der Waals surface area contributed by atoms with E-state index >= 15 is 0 Å². The van der Waals surface area contributed by atoms with E-state index in [-0.39, 0.29) is 5.82 Å². The summed E-state index contributed by atoms with van der Waals surface area (Å²) >= 11 is 3.41. The van der Waals surface area contributed by atoms with Crippen molar-refractivity contribution >= 4 is 15.9 Å². The summed E-state index contributed by atoms with van der Waals surface area (Å²) < 4.78 is 13.8. The minimum atomic E-state index is -0.191. The number of halogens is 2. The summed E-state index contributed by atoms with van der Waals surface area (Å²) in [6.45, 7) is 6.19. The molecule has 16 heavy (non-hydrogen) atoms. The van der Waals surface area contributed by atoms with Gasteiger partial charge >= 0.3 is 0 Å². The van der Waals surface area contributed by atoms with Gasteiger partial charge in [0.15, 0.2) is 0 Å². The molecule has 2 nitrogen and oxygen atoms in total. The van der Waals surface area contributed by atoms with E-state index in [0.29, 0.717) is 6.04 Å². The Kier molecular flexibility index (Phi) is 3.95. The third-order valence-corrected chi connectivity index (χ3v) is 3.81. The van der Waals surface area contributed by atoms with Crippen molar-refractivity contribution < 1.29 is 4.39 Å². The Labute approximate surface area is 104 Å². The number of benzene rings is 1. The number of nitrogens with zero attached hydrogens (tertiary/aromatic N) is 1. The quantitative estimate of drug-likeness (QED) is 0.914. The number of nitrogens with one attached hydrogen (secondary N) is 1. The molecular weight excluding hydrogens is 271 g/mol. The first-order chi connectivity index (χ1) is 7.70. The van der Waals surface area contributed by atoms with Crippen molar-refractivity contribution in [2.75, 3.05) is 19.6 Å². The monoisotopic (exact) mass is 286 g/mol. The molecule has 1 aromatic carbocycles. The van der Waals surface area contributed by atoms with Crippen molar-refractivity contribution in [2.24, 2.45) is 0 Å². The van der Waals surface area contributed by atoms with Gasteiger partial charge < -0.3 is 5.32 Å². The Morgan fingerprint density at radius 1 is 1.50 bits per heavy atom. The van der Waals surface area contributed by atoms with E-state index in [1.165, 1.54) is 12.1 Å². The van der Waals surface area contributed by atoms with Crippen molar-refractivity contribution in [3.8, 4) is 0 Å². The van der Waals surface area contributed by atoms with Crippen molar-refractivity contribution in [3.63, 3.8) is 0 Å². The van der Waals surface area contributed by atoms with Crippen LogP contribution in [-0.2, 0) is 6.54 Å². The molecule has 1 aliphatic rings. The lowest BCUT2D eigenvalue weighted by atomic mass is 10.1. The summed E-state index contributed by atoms with van der Waals surface area (Å²) in [7, 11) is 0. The first-order valence-electron chi connectivity index (χ1n) is 5.59. The predicted molar refractivity (Wildman–Crippen MR) is 66.8 cm³/mol. The summed E-state index contributed by atoms with van der Waals surface area (Å²) in [4.78, 5) is 2.41. The molecule has 1 saturated heterocycles. The second-order valence-electron chi connectivity index (χ2n) is 4.11. The molecule has 0 amide bonds. The van der Waals surface area contributed by atoms with E-state index in [0.717, 1.165) is 36.2 Å². The lowest BCUT2D eigenvalue weighted by Gasteiger charge is -2.37. The highest BCUT2D eigenvalue weighted by molar-refractivity contribution is 9.10. The zero-order chi connectivity index (χ0) is 11.5. The number of rotatable bonds is 4. The first kappa shape index (κ1) is 12.0. The van der Waals surface area contributed by atoms with Gasteiger partial charge in [-0.15, -0.1) is 0 Å². The molecule has 1 aliphatic heterocycles. The summed E-state index contributed by atoms with van der Waals surface area (Å²) in [6, 6.07) is 5.53. The van der Waals surface area contributed by atoms with Gasteiger partial charge in [0.2, 0.25) is 0 Å². The minimum absolute atomic E-state index is 0.191. The lowest BCUT2D eigenvalue weighted by Crippen LogP contribution is -2.56. The summed E-state index contributed by atoms with van der Waals surface area (Å²) in [5, 5.41) is 3.27. The molecule has 1 fully saturated rings. The highest BCUT2D eigenvalue weighted by atomic mass is 79.9. The van der Waals surface area contributed by atoms with Gasteiger partial charge in [0.1, 0.15) is 5.82 Å². The molecule has 0 spiro atoms. The van der Waals surface area contributed by atoms with Crippen LogP contribution in [0.1, 0.15) is 12.5 Å². The third kappa shape index (κ3) is 2.62. The highest BCUT2D eigenvalue weighted by Crippen LogP contribution is 2.21. The fraction of sp³-hybridized carbons (Fsp3) is 0.500. The van der Waals surface area contributed by atoms with Gasteiger partial charge in [-0.25, -0.2) is 4.39 Å². The molecule has 0 atom stereocenters. The molecular formula is C12H16BrFN2. The van der Waals surface area contributed by atoms with Gasteiger partial charge in [-0.05, 0) is 24.2 Å². The topological polar surface area (TPSA) is 15.3 Å². The van der Waals surface area contributed by atoms with Crippen molar-refractivity contribution in [3.05, 3.63) is 34.1 Å². The third-order valence-electron chi connectivity index (χ3n) is 3.07. The molecule has 0 aromatic heterocycles. The molecule has 0 unspecified atom stereocenters. The van der Waals surface area contributed by atoms with E-state index in [1.54, 1.807) is 0 Å². The molecule has 1 N–H and O–H groups in total. The number of likely N-dealkylation sites (N-methyl/N-ethyl adjacent to an activating group) is 1. The van der Waals surface area contributed by atoms with Gasteiger partial charge in [-0.3, -0.25) is 4.90 Å². The fourth-order valence-electron chi connectivity index (χ4n) is 1.90. The molecule has 0 bridgehead atoms. The van der Waals surface area contributed by atoms with Crippen LogP contribution < -0.4 is 5.32 Å². The smallest absolute Gasteiger partial charge is 0.124 e. The number of hydrogen-bond donors (Lipinski definition) is 1. The van der Waals surface area contributed by atoms with Crippen LogP contribution >= 0.6 is 15.9 Å². The van der Waals surface area contributed by atoms with Crippen molar-refractivity contribution in [1.82, 2.24) is 10.2 Å². The van der Waals surface area contributed by atoms with E-state index in [1.807, 2.05) is 6.07 Å². The zero-order valence-electron chi connectivity index (χ0n) is 9.34. The molecule has 0 aliphatic carbocycles. The van der Waals surface area contributed by atoms with Crippen LogP contribution in [0.2, 0.25) is 0 Å². The molecule has 2 rings (SSSR count). The van der Waals surface area contributed by atoms with Crippen LogP contribution in [0, 0.1) is 5.82 Å². The average molecular weight is 287 g/mol. The second-order valence-corrected chi connectivity index (χ2v) is 4.97. The standard InChI is InChI=1S/C12H16BrFN2/c1-2-16(11-6-15-7-11)8-9-3-4-10(14)5-12(9)13/h3-5,11,15H,2,6-8H2,1H3. The molecule has 1 aromatic rings. The van der Waals surface area contributed by atoms with E-state index in [2.05, 4.69) is 33.1 Å². The Morgan fingerprint density at radius 2 is 2.25 bits per heavy atom. The highest BCUT2D eigenvalue weighted by Gasteiger charge is 2.23. The maximum Gasteiger partial charge on any atom is 0.124 e. The Bertz CT molecular complexity index is 366. The average Bonchev–Trinajstić information content (AvgIpc) is 2.18. The number of hydrogen-bond acceptors (Lipinski definition) is 2. The maximum absolute atomic E-state index is 12.9. The molecule has 0 saturated carbocycles. The van der Waals surface area contributed by atoms with E-state index < -0.39 is 0 Å². The van der Waals surface area contributed by atoms with Crippen LogP contribution in [0.15, 0.2) is 22.7 Å². The van der Waals surface area contributed by atoms with E-state index in [9.17, 15) is 4.39 Å². The van der Waals surface area contributed by atoms with Gasteiger partial charge in [0.25, 0.3) is 0 Å². The van der Waals surface area contributed by atoms with Gasteiger partial charge in [0, 0.05) is 30.1 Å². The maximum atomic E-state index is 12.9. The zero-order valence-corrected chi connectivity index (χ0v) is 10.9. The molecule has 1 heterocycles. The second kappa shape index (κ2) is 5.25. The molecule has 88 valence electrons. The minimum Gasteiger partial charge on any atom is -0.314 e. The normalized spacial score (nSPS) is 16.5. The van der Waals surface area contributed by atoms with Gasteiger partial charge in [-0.2, -0.15) is 0 Å². The van der Waals surface area contributed by atoms with Crippen molar-refractivity contribution in [1.29, 1.82) is 0 Å². The van der Waals surface area contributed by atoms with Crippen LogP contribution in [0.25, 0.3) is 0 Å². The Hall–Kier alpha value is -0.450. The lowest BCUT2D eigenvalue weighted by molar-refractivity contribution is 0.145. The van der Waals surface area contributed by atoms with Crippen LogP contribution in [0.3, 0.4) is 0 Å². The van der Waals surface area contributed by atoms with Crippen LogP contribution in [0.5, 0.6) is 0 Å². The van der Waals surface area contributed by atoms with Crippen LogP contribution in [0.4, 0.5) is 4.39 Å². The summed E-state index contributed by atoms with van der Waals surface area (Å²) in [5.41, 5.74) is 1.15. The van der Waals surface area contributed by atoms with Crippen LogP contribution in [-0.4, -0.2) is 30.6 Å². The predicted octanol–water partition coefficient (Wildman–Crippen LogP) is 2.38. The summed E-state index contributed by atoms with van der Waals surface area (Å²) in [5.74, 6) is -0.191. The first-order valence-corrected chi connectivity index (χ1v) is 6.38. The summed E-state index contributed by atoms with van der Waals surface area (Å²) in [6.07, 6.45) is 0. The largest absolute Gasteiger partial charge is 0.314 e. The Balaban J connectivity index is 2.06. The fourth-order valence-corrected chi connectivity index (χ4v) is 2.38. The van der Waals surface area contributed by atoms with Gasteiger partial charge in [0.05, 0.1) is 0 Å².